The summed E-state index contributed by atoms with van der Waals surface area (Å²) >= 11 is 5.98. The Morgan fingerprint density at radius 1 is 1.44 bits per heavy atom. The normalized spacial score (nSPS) is 12.3. The van der Waals surface area contributed by atoms with E-state index >= 15 is 0 Å². The van der Waals surface area contributed by atoms with Gasteiger partial charge in [-0.2, -0.15) is 0 Å². The molecule has 4 nitrogen and oxygen atoms in total. The van der Waals surface area contributed by atoms with Crippen molar-refractivity contribution in [1.82, 2.24) is 10.3 Å². The Bertz CT molecular complexity index is 421. The molecule has 0 radical (unpaired) electrons. The van der Waals surface area contributed by atoms with Gasteiger partial charge in [-0.05, 0) is 17.9 Å². The van der Waals surface area contributed by atoms with Crippen LogP contribution in [0.15, 0.2) is 12.3 Å². The highest BCUT2D eigenvalue weighted by Gasteiger charge is 2.12. The van der Waals surface area contributed by atoms with E-state index in [0.717, 1.165) is 0 Å². The number of carbonyl (C=O) groups is 1. The number of halogens is 1. The zero-order chi connectivity index (χ0) is 13.7. The molecule has 0 spiro atoms. The number of rotatable bonds is 5. The summed E-state index contributed by atoms with van der Waals surface area (Å²) in [6, 6.07) is 1.62. The lowest BCUT2D eigenvalue weighted by Crippen LogP contribution is -2.30. The minimum absolute atomic E-state index is 0.139. The predicted molar refractivity (Wildman–Crippen MR) is 75.1 cm³/mol. The second kappa shape index (κ2) is 6.59. The van der Waals surface area contributed by atoms with Crippen molar-refractivity contribution in [2.75, 3.05) is 18.9 Å². The Kier molecular flexibility index (Phi) is 5.41. The second-order valence-electron chi connectivity index (χ2n) is 4.74. The molecular weight excluding hydrogens is 250 g/mol. The number of nitrogens with one attached hydrogen (secondary N) is 2. The number of hydrogen-bond donors (Lipinski definition) is 2. The molecule has 1 heterocycles. The summed E-state index contributed by atoms with van der Waals surface area (Å²) in [6.45, 7) is 7.04. The Labute approximate surface area is 113 Å². The van der Waals surface area contributed by atoms with Crippen LogP contribution in [0, 0.1) is 11.8 Å². The molecule has 0 aliphatic rings. The highest BCUT2D eigenvalue weighted by Crippen LogP contribution is 2.19. The fraction of sp³-hybridized carbons (Fsp3) is 0.538. The lowest BCUT2D eigenvalue weighted by molar-refractivity contribution is 0.0944. The molecule has 0 bridgehead atoms. The quantitative estimate of drug-likeness (QED) is 0.864. The first kappa shape index (κ1) is 14.8. The van der Waals surface area contributed by atoms with Crippen LogP contribution in [0.4, 0.5) is 5.82 Å². The van der Waals surface area contributed by atoms with Gasteiger partial charge in [-0.1, -0.05) is 32.4 Å². The number of pyridine rings is 1. The maximum absolute atomic E-state index is 11.9. The maximum Gasteiger partial charge on any atom is 0.252 e. The van der Waals surface area contributed by atoms with Crippen LogP contribution in [-0.4, -0.2) is 24.5 Å². The largest absolute Gasteiger partial charge is 0.372 e. The summed E-state index contributed by atoms with van der Waals surface area (Å²) in [4.78, 5) is 16.0. The van der Waals surface area contributed by atoms with Gasteiger partial charge in [0.2, 0.25) is 0 Å². The Balaban J connectivity index is 2.65. The number of amides is 1. The van der Waals surface area contributed by atoms with E-state index in [1.165, 1.54) is 6.20 Å². The summed E-state index contributed by atoms with van der Waals surface area (Å²) in [6.07, 6.45) is 1.52. The average Bonchev–Trinajstić information content (AvgIpc) is 2.35. The van der Waals surface area contributed by atoms with Crippen molar-refractivity contribution in [2.24, 2.45) is 11.8 Å². The third-order valence-electron chi connectivity index (χ3n) is 3.06. The van der Waals surface area contributed by atoms with Crippen molar-refractivity contribution in [3.63, 3.8) is 0 Å². The van der Waals surface area contributed by atoms with Crippen molar-refractivity contribution in [3.8, 4) is 0 Å². The molecule has 5 heteroatoms. The molecule has 1 aromatic heterocycles. The lowest BCUT2D eigenvalue weighted by atomic mass is 9.98. The number of carbonyl (C=O) groups excluding carboxylic acids is 1. The van der Waals surface area contributed by atoms with Gasteiger partial charge in [0.25, 0.3) is 5.91 Å². The topological polar surface area (TPSA) is 54.0 Å². The molecular formula is C13H20ClN3O. The van der Waals surface area contributed by atoms with Crippen molar-refractivity contribution in [3.05, 3.63) is 22.8 Å². The predicted octanol–water partition coefficient (Wildman–Crippen LogP) is 2.80. The fourth-order valence-electron chi connectivity index (χ4n) is 1.34. The maximum atomic E-state index is 11.9. The van der Waals surface area contributed by atoms with Crippen molar-refractivity contribution < 1.29 is 4.79 Å². The molecule has 0 aliphatic heterocycles. The van der Waals surface area contributed by atoms with E-state index in [1.54, 1.807) is 13.1 Å². The van der Waals surface area contributed by atoms with Gasteiger partial charge in [0, 0.05) is 19.8 Å². The van der Waals surface area contributed by atoms with Crippen LogP contribution >= 0.6 is 11.6 Å². The van der Waals surface area contributed by atoms with E-state index in [-0.39, 0.29) is 5.91 Å². The Morgan fingerprint density at radius 2 is 2.11 bits per heavy atom. The molecule has 1 amide bonds. The monoisotopic (exact) mass is 269 g/mol. The number of hydrogen-bond acceptors (Lipinski definition) is 3. The van der Waals surface area contributed by atoms with Gasteiger partial charge in [0.05, 0.1) is 10.6 Å². The third-order valence-corrected chi connectivity index (χ3v) is 3.35. The molecule has 0 aliphatic carbocycles. The molecule has 1 rings (SSSR count). The highest BCUT2D eigenvalue weighted by molar-refractivity contribution is 6.33. The minimum atomic E-state index is -0.139. The molecule has 0 saturated heterocycles. The summed E-state index contributed by atoms with van der Waals surface area (Å²) in [7, 11) is 1.73. The molecule has 0 aromatic carbocycles. The molecule has 18 heavy (non-hydrogen) atoms. The van der Waals surface area contributed by atoms with Crippen LogP contribution in [0.2, 0.25) is 5.02 Å². The SMILES string of the molecule is CNc1ncc(C(=O)NCC(C)C(C)C)cc1Cl. The molecule has 1 aromatic rings. The molecule has 0 saturated carbocycles. The van der Waals surface area contributed by atoms with Gasteiger partial charge < -0.3 is 10.6 Å². The summed E-state index contributed by atoms with van der Waals surface area (Å²) in [5, 5.41) is 6.18. The van der Waals surface area contributed by atoms with Gasteiger partial charge in [-0.3, -0.25) is 4.79 Å². The standard InChI is InChI=1S/C13H20ClN3O/c1-8(2)9(3)6-17-13(18)10-5-11(14)12(15-4)16-7-10/h5,7-9H,6H2,1-4H3,(H,15,16)(H,17,18). The zero-order valence-electron chi connectivity index (χ0n) is 11.2. The summed E-state index contributed by atoms with van der Waals surface area (Å²) in [5.41, 5.74) is 0.481. The smallest absolute Gasteiger partial charge is 0.252 e. The van der Waals surface area contributed by atoms with E-state index in [1.807, 2.05) is 0 Å². The first-order valence-corrected chi connectivity index (χ1v) is 6.45. The Hall–Kier alpha value is -1.29. The van der Waals surface area contributed by atoms with Crippen LogP contribution in [0.25, 0.3) is 0 Å². The lowest BCUT2D eigenvalue weighted by Gasteiger charge is -2.16. The number of anilines is 1. The van der Waals surface area contributed by atoms with Crippen molar-refractivity contribution >= 4 is 23.3 Å². The van der Waals surface area contributed by atoms with Crippen LogP contribution in [-0.2, 0) is 0 Å². The number of nitrogens with zero attached hydrogens (tertiary/aromatic N) is 1. The van der Waals surface area contributed by atoms with Crippen LogP contribution in [0.3, 0.4) is 0 Å². The molecule has 1 atom stereocenters. The molecule has 100 valence electrons. The van der Waals surface area contributed by atoms with Crippen molar-refractivity contribution in [1.29, 1.82) is 0 Å². The summed E-state index contributed by atoms with van der Waals surface area (Å²) < 4.78 is 0. The first-order chi connectivity index (χ1) is 8.45. The van der Waals surface area contributed by atoms with Gasteiger partial charge in [0.15, 0.2) is 0 Å². The zero-order valence-corrected chi connectivity index (χ0v) is 12.0. The first-order valence-electron chi connectivity index (χ1n) is 6.07. The van der Waals surface area contributed by atoms with Gasteiger partial charge in [-0.25, -0.2) is 4.98 Å². The van der Waals surface area contributed by atoms with Gasteiger partial charge in [0.1, 0.15) is 5.82 Å². The third kappa shape index (κ3) is 3.88. The number of aromatic nitrogens is 1. The Morgan fingerprint density at radius 3 is 2.61 bits per heavy atom. The van der Waals surface area contributed by atoms with E-state index < -0.39 is 0 Å². The van der Waals surface area contributed by atoms with Crippen LogP contribution < -0.4 is 10.6 Å². The average molecular weight is 270 g/mol. The molecule has 1 unspecified atom stereocenters. The van der Waals surface area contributed by atoms with E-state index in [2.05, 4.69) is 36.4 Å². The van der Waals surface area contributed by atoms with Gasteiger partial charge >= 0.3 is 0 Å². The molecule has 2 N–H and O–H groups in total. The second-order valence-corrected chi connectivity index (χ2v) is 5.14. The van der Waals surface area contributed by atoms with Crippen molar-refractivity contribution in [2.45, 2.75) is 20.8 Å². The van der Waals surface area contributed by atoms with Crippen LogP contribution in [0.5, 0.6) is 0 Å². The minimum Gasteiger partial charge on any atom is -0.372 e. The highest BCUT2D eigenvalue weighted by atomic mass is 35.5. The summed E-state index contributed by atoms with van der Waals surface area (Å²) in [5.74, 6) is 1.41. The van der Waals surface area contributed by atoms with E-state index in [4.69, 9.17) is 11.6 Å². The van der Waals surface area contributed by atoms with Gasteiger partial charge in [-0.15, -0.1) is 0 Å². The molecule has 0 fully saturated rings. The fourth-order valence-corrected chi connectivity index (χ4v) is 1.60. The van der Waals surface area contributed by atoms with Crippen LogP contribution in [0.1, 0.15) is 31.1 Å². The van der Waals surface area contributed by atoms with E-state index in [0.29, 0.717) is 34.8 Å². The van der Waals surface area contributed by atoms with E-state index in [9.17, 15) is 4.79 Å².